The highest BCUT2D eigenvalue weighted by atomic mass is 16.6. The van der Waals surface area contributed by atoms with E-state index in [1.807, 2.05) is 0 Å². The molecule has 0 saturated carbocycles. The van der Waals surface area contributed by atoms with Gasteiger partial charge >= 0.3 is 5.69 Å². The lowest BCUT2D eigenvalue weighted by atomic mass is 10.2. The van der Waals surface area contributed by atoms with Crippen LogP contribution in [0, 0.1) is 10.1 Å². The number of primary amides is 1. The average Bonchev–Trinajstić information content (AvgIpc) is 2.24. The summed E-state index contributed by atoms with van der Waals surface area (Å²) in [6.45, 7) is -0.223. The number of carbonyl (C=O) groups is 1. The number of rotatable bonds is 5. The quantitative estimate of drug-likeness (QED) is 0.308. The summed E-state index contributed by atoms with van der Waals surface area (Å²) < 4.78 is 0. The number of nitro benzene ring substituents is 1. The predicted molar refractivity (Wildman–Crippen MR) is 61.2 cm³/mol. The summed E-state index contributed by atoms with van der Waals surface area (Å²) in [6, 6.07) is 4.32. The van der Waals surface area contributed by atoms with Crippen LogP contribution in [0.3, 0.4) is 0 Å². The second-order valence-corrected chi connectivity index (χ2v) is 3.30. The first-order chi connectivity index (χ1) is 7.93. The van der Waals surface area contributed by atoms with Crippen molar-refractivity contribution in [3.05, 3.63) is 28.3 Å². The summed E-state index contributed by atoms with van der Waals surface area (Å²) in [5, 5.41) is 22.4. The molecule has 8 nitrogen and oxygen atoms in total. The Balaban J connectivity index is 2.88. The normalized spacial score (nSPS) is 11.8. The molecule has 0 aliphatic heterocycles. The molecule has 6 N–H and O–H groups in total. The first-order valence-corrected chi connectivity index (χ1v) is 4.67. The smallest absolute Gasteiger partial charge is 0.314 e. The number of aliphatic hydroxyl groups is 1. The van der Waals surface area contributed by atoms with Crippen molar-refractivity contribution >= 4 is 23.0 Å². The number of para-hydroxylation sites is 1. The number of benzene rings is 1. The molecule has 0 aliphatic rings. The number of hydrogen-bond donors (Lipinski definition) is 4. The van der Waals surface area contributed by atoms with Gasteiger partial charge in [0.25, 0.3) is 0 Å². The fraction of sp³-hybridized carbons (Fsp3) is 0.222. The molecule has 17 heavy (non-hydrogen) atoms. The average molecular weight is 240 g/mol. The van der Waals surface area contributed by atoms with E-state index in [4.69, 9.17) is 16.6 Å². The second kappa shape index (κ2) is 5.12. The Labute approximate surface area is 96.4 Å². The van der Waals surface area contributed by atoms with Gasteiger partial charge in [-0.1, -0.05) is 6.07 Å². The van der Waals surface area contributed by atoms with Gasteiger partial charge in [-0.05, 0) is 12.1 Å². The number of aliphatic hydroxyl groups excluding tert-OH is 1. The molecular weight excluding hydrogens is 228 g/mol. The molecular formula is C9H12N4O4. The lowest BCUT2D eigenvalue weighted by molar-refractivity contribution is -0.383. The number of nitrogens with one attached hydrogen (secondary N) is 1. The summed E-state index contributed by atoms with van der Waals surface area (Å²) in [5.74, 6) is -0.913. The largest absolute Gasteiger partial charge is 0.393 e. The van der Waals surface area contributed by atoms with Crippen LogP contribution in [0.25, 0.3) is 0 Å². The third-order valence-electron chi connectivity index (χ3n) is 2.06. The maximum Gasteiger partial charge on any atom is 0.314 e. The highest BCUT2D eigenvalue weighted by Gasteiger charge is 2.19. The number of nitrogens with two attached hydrogens (primary N) is 2. The minimum Gasteiger partial charge on any atom is -0.393 e. The molecule has 1 rings (SSSR count). The van der Waals surface area contributed by atoms with Crippen molar-refractivity contribution in [2.45, 2.75) is 6.10 Å². The van der Waals surface area contributed by atoms with Crippen LogP contribution < -0.4 is 16.8 Å². The summed E-state index contributed by atoms with van der Waals surface area (Å²) in [4.78, 5) is 20.7. The van der Waals surface area contributed by atoms with Crippen molar-refractivity contribution in [1.82, 2.24) is 0 Å². The molecule has 1 amide bonds. The van der Waals surface area contributed by atoms with Crippen LogP contribution in [0.15, 0.2) is 18.2 Å². The summed E-state index contributed by atoms with van der Waals surface area (Å²) in [7, 11) is 0. The number of carbonyl (C=O) groups excluding carboxylic acids is 1. The molecule has 0 fully saturated rings. The Bertz CT molecular complexity index is 449. The van der Waals surface area contributed by atoms with Gasteiger partial charge in [0.2, 0.25) is 5.91 Å². The van der Waals surface area contributed by atoms with E-state index < -0.39 is 16.9 Å². The van der Waals surface area contributed by atoms with Crippen molar-refractivity contribution in [3.63, 3.8) is 0 Å². The van der Waals surface area contributed by atoms with E-state index in [0.717, 1.165) is 0 Å². The molecule has 0 saturated heterocycles. The minimum atomic E-state index is -1.42. The van der Waals surface area contributed by atoms with Crippen molar-refractivity contribution < 1.29 is 14.8 Å². The fourth-order valence-electron chi connectivity index (χ4n) is 1.22. The predicted octanol–water partition coefficient (Wildman–Crippen LogP) is -0.565. The zero-order chi connectivity index (χ0) is 13.0. The number of hydrogen-bond acceptors (Lipinski definition) is 6. The van der Waals surface area contributed by atoms with Crippen LogP contribution in [0.4, 0.5) is 17.1 Å². The first-order valence-electron chi connectivity index (χ1n) is 4.67. The van der Waals surface area contributed by atoms with Crippen LogP contribution in [0.5, 0.6) is 0 Å². The van der Waals surface area contributed by atoms with Gasteiger partial charge in [0.15, 0.2) is 0 Å². The second-order valence-electron chi connectivity index (χ2n) is 3.30. The minimum absolute atomic E-state index is 0.00596. The Morgan fingerprint density at radius 1 is 1.59 bits per heavy atom. The van der Waals surface area contributed by atoms with Gasteiger partial charge in [0, 0.05) is 0 Å². The summed E-state index contributed by atoms with van der Waals surface area (Å²) in [5.41, 5.74) is 10.1. The van der Waals surface area contributed by atoms with Gasteiger partial charge in [0.05, 0.1) is 11.5 Å². The molecule has 1 unspecified atom stereocenters. The molecule has 0 bridgehead atoms. The van der Waals surface area contributed by atoms with Crippen LogP contribution in [0.1, 0.15) is 0 Å². The van der Waals surface area contributed by atoms with Gasteiger partial charge in [-0.3, -0.25) is 14.9 Å². The van der Waals surface area contributed by atoms with Gasteiger partial charge < -0.3 is 21.9 Å². The number of nitrogen functional groups attached to an aromatic ring is 1. The third kappa shape index (κ3) is 3.05. The van der Waals surface area contributed by atoms with Crippen LogP contribution in [0.2, 0.25) is 0 Å². The van der Waals surface area contributed by atoms with E-state index in [2.05, 4.69) is 5.32 Å². The van der Waals surface area contributed by atoms with Gasteiger partial charge in [-0.2, -0.15) is 0 Å². The summed E-state index contributed by atoms with van der Waals surface area (Å²) in [6.07, 6.45) is -1.42. The first kappa shape index (κ1) is 12.7. The molecule has 0 heterocycles. The van der Waals surface area contributed by atoms with Crippen LogP contribution >= 0.6 is 0 Å². The van der Waals surface area contributed by atoms with Gasteiger partial charge in [-0.25, -0.2) is 0 Å². The molecule has 1 aromatic rings. The monoisotopic (exact) mass is 240 g/mol. The highest BCUT2D eigenvalue weighted by Crippen LogP contribution is 2.30. The zero-order valence-corrected chi connectivity index (χ0v) is 8.79. The summed E-state index contributed by atoms with van der Waals surface area (Å²) >= 11 is 0. The number of anilines is 2. The number of nitro groups is 1. The van der Waals surface area contributed by atoms with E-state index in [9.17, 15) is 14.9 Å². The lowest BCUT2D eigenvalue weighted by Crippen LogP contribution is -2.34. The highest BCUT2D eigenvalue weighted by molar-refractivity contribution is 5.80. The SMILES string of the molecule is NC(=O)C(O)CNc1cccc(N)c1[N+](=O)[O-]. The zero-order valence-electron chi connectivity index (χ0n) is 8.79. The maximum atomic E-state index is 10.8. The molecule has 8 heteroatoms. The van der Waals surface area contributed by atoms with Crippen molar-refractivity contribution in [2.24, 2.45) is 5.73 Å². The fourth-order valence-corrected chi connectivity index (χ4v) is 1.22. The van der Waals surface area contributed by atoms with Crippen molar-refractivity contribution in [2.75, 3.05) is 17.6 Å². The molecule has 0 radical (unpaired) electrons. The van der Waals surface area contributed by atoms with E-state index in [0.29, 0.717) is 0 Å². The molecule has 0 spiro atoms. The molecule has 92 valence electrons. The van der Waals surface area contributed by atoms with Crippen LogP contribution in [-0.2, 0) is 4.79 Å². The van der Waals surface area contributed by atoms with Crippen molar-refractivity contribution in [3.8, 4) is 0 Å². The molecule has 1 aromatic carbocycles. The Hall–Kier alpha value is -2.35. The Morgan fingerprint density at radius 2 is 2.24 bits per heavy atom. The maximum absolute atomic E-state index is 10.8. The van der Waals surface area contributed by atoms with Crippen molar-refractivity contribution in [1.29, 1.82) is 0 Å². The van der Waals surface area contributed by atoms with E-state index >= 15 is 0 Å². The molecule has 0 aliphatic carbocycles. The third-order valence-corrected chi connectivity index (χ3v) is 2.06. The number of nitrogens with zero attached hydrogens (tertiary/aromatic N) is 1. The lowest BCUT2D eigenvalue weighted by Gasteiger charge is -2.10. The van der Waals surface area contributed by atoms with Crippen LogP contribution in [-0.4, -0.2) is 28.6 Å². The van der Waals surface area contributed by atoms with E-state index in [-0.39, 0.29) is 23.6 Å². The molecule has 1 atom stereocenters. The topological polar surface area (TPSA) is 145 Å². The van der Waals surface area contributed by atoms with E-state index in [1.165, 1.54) is 18.2 Å². The Morgan fingerprint density at radius 3 is 2.76 bits per heavy atom. The van der Waals surface area contributed by atoms with Gasteiger partial charge in [0.1, 0.15) is 17.5 Å². The number of amides is 1. The Kier molecular flexibility index (Phi) is 3.83. The van der Waals surface area contributed by atoms with Gasteiger partial charge in [-0.15, -0.1) is 0 Å². The standard InChI is InChI=1S/C9H12N4O4/c10-5-2-1-3-6(8(5)13(16)17)12-4-7(14)9(11)15/h1-3,7,12,14H,4,10H2,(H2,11,15). The van der Waals surface area contributed by atoms with E-state index in [1.54, 1.807) is 0 Å². The molecule has 0 aromatic heterocycles.